The van der Waals surface area contributed by atoms with Crippen LogP contribution in [0.2, 0.25) is 0 Å². The van der Waals surface area contributed by atoms with Crippen molar-refractivity contribution in [1.29, 1.82) is 0 Å². The first kappa shape index (κ1) is 15.7. The average Bonchev–Trinajstić information content (AvgIpc) is 3.26. The van der Waals surface area contributed by atoms with Crippen LogP contribution in [0.5, 0.6) is 0 Å². The predicted molar refractivity (Wildman–Crippen MR) is 113 cm³/mol. The molecule has 0 saturated heterocycles. The lowest BCUT2D eigenvalue weighted by Gasteiger charge is -2.13. The van der Waals surface area contributed by atoms with Crippen LogP contribution in [0.15, 0.2) is 46.9 Å². The summed E-state index contributed by atoms with van der Waals surface area (Å²) in [5, 5.41) is 2.87. The molecule has 1 heterocycles. The van der Waals surface area contributed by atoms with Crippen LogP contribution in [0, 0.1) is 6.92 Å². The van der Waals surface area contributed by atoms with E-state index in [1.807, 2.05) is 11.8 Å². The van der Waals surface area contributed by atoms with Crippen molar-refractivity contribution in [3.63, 3.8) is 0 Å². The molecule has 2 aromatic rings. The minimum absolute atomic E-state index is 0.405. The highest BCUT2D eigenvalue weighted by atomic mass is 79.9. The number of fused-ring (bicyclic) bond motifs is 3. The van der Waals surface area contributed by atoms with Gasteiger partial charge in [0.1, 0.15) is 0 Å². The number of hydrogen-bond donors (Lipinski definition) is 0. The zero-order valence-corrected chi connectivity index (χ0v) is 16.7. The van der Waals surface area contributed by atoms with Crippen molar-refractivity contribution in [2.75, 3.05) is 0 Å². The van der Waals surface area contributed by atoms with E-state index in [2.05, 4.69) is 84.4 Å². The van der Waals surface area contributed by atoms with Gasteiger partial charge in [-0.25, -0.2) is 0 Å². The van der Waals surface area contributed by atoms with Crippen LogP contribution in [0.3, 0.4) is 0 Å². The Labute approximate surface area is 161 Å². The van der Waals surface area contributed by atoms with Crippen LogP contribution < -0.4 is 10.4 Å². The van der Waals surface area contributed by atoms with E-state index in [4.69, 9.17) is 0 Å². The molecule has 124 valence electrons. The largest absolute Gasteiger partial charge is 0.106 e. The number of halogens is 1. The van der Waals surface area contributed by atoms with Crippen LogP contribution in [-0.4, -0.2) is 4.16 Å². The minimum atomic E-state index is 0.405. The fraction of sp³-hybridized carbons (Fsp3) is 0.217. The molecular formula is C23H19BrS. The zero-order chi connectivity index (χ0) is 17.1. The molecule has 0 bridgehead atoms. The molecule has 2 aliphatic carbocycles. The number of thioether (sulfide) groups is 1. The van der Waals surface area contributed by atoms with Crippen LogP contribution in [0.1, 0.15) is 41.5 Å². The molecular weight excluding hydrogens is 388 g/mol. The van der Waals surface area contributed by atoms with Gasteiger partial charge in [-0.05, 0) is 70.2 Å². The third kappa shape index (κ3) is 2.42. The van der Waals surface area contributed by atoms with Crippen LogP contribution in [0.4, 0.5) is 0 Å². The molecule has 0 aromatic heterocycles. The Hall–Kier alpha value is -1.51. The number of hydrogen-bond acceptors (Lipinski definition) is 1. The summed E-state index contributed by atoms with van der Waals surface area (Å²) in [5.74, 6) is 0.497. The van der Waals surface area contributed by atoms with Gasteiger partial charge in [-0.15, -0.1) is 11.8 Å². The van der Waals surface area contributed by atoms with Crippen molar-refractivity contribution in [2.45, 2.75) is 35.2 Å². The molecule has 0 saturated carbocycles. The Morgan fingerprint density at radius 1 is 1.16 bits per heavy atom. The smallest absolute Gasteiger partial charge is 0.0836 e. The van der Waals surface area contributed by atoms with E-state index in [1.165, 1.54) is 48.7 Å². The van der Waals surface area contributed by atoms with E-state index < -0.39 is 0 Å². The number of benzene rings is 2. The fourth-order valence-corrected chi connectivity index (χ4v) is 6.20. The van der Waals surface area contributed by atoms with Gasteiger partial charge in [0.2, 0.25) is 0 Å². The Morgan fingerprint density at radius 2 is 2.00 bits per heavy atom. The van der Waals surface area contributed by atoms with E-state index in [9.17, 15) is 0 Å². The van der Waals surface area contributed by atoms with E-state index in [0.717, 1.165) is 6.42 Å². The third-order valence-corrected chi connectivity index (χ3v) is 7.44. The first-order chi connectivity index (χ1) is 12.1. The lowest BCUT2D eigenvalue weighted by atomic mass is 9.91. The highest BCUT2D eigenvalue weighted by Crippen LogP contribution is 2.38. The topological polar surface area (TPSA) is 0 Å². The average molecular weight is 407 g/mol. The maximum atomic E-state index is 3.73. The maximum absolute atomic E-state index is 3.73. The monoisotopic (exact) mass is 406 g/mol. The van der Waals surface area contributed by atoms with Gasteiger partial charge in [0, 0.05) is 10.8 Å². The molecule has 3 aliphatic rings. The molecule has 0 spiro atoms. The van der Waals surface area contributed by atoms with Gasteiger partial charge >= 0.3 is 0 Å². The van der Waals surface area contributed by atoms with Crippen molar-refractivity contribution < 1.29 is 0 Å². The molecule has 5 rings (SSSR count). The minimum Gasteiger partial charge on any atom is -0.106 e. The first-order valence-corrected chi connectivity index (χ1v) is 10.6. The lowest BCUT2D eigenvalue weighted by Crippen LogP contribution is -2.18. The highest BCUT2D eigenvalue weighted by molar-refractivity contribution is 9.11. The Bertz CT molecular complexity index is 1090. The van der Waals surface area contributed by atoms with Crippen molar-refractivity contribution >= 4 is 51.5 Å². The molecule has 2 atom stereocenters. The van der Waals surface area contributed by atoms with Gasteiger partial charge in [0.25, 0.3) is 0 Å². The molecule has 2 unspecified atom stereocenters. The van der Waals surface area contributed by atoms with Crippen molar-refractivity contribution in [1.82, 2.24) is 0 Å². The predicted octanol–water partition coefficient (Wildman–Crippen LogP) is 5.37. The van der Waals surface area contributed by atoms with Crippen LogP contribution in [-0.2, 0) is 0 Å². The van der Waals surface area contributed by atoms with Crippen molar-refractivity contribution in [3.8, 4) is 0 Å². The van der Waals surface area contributed by atoms with Crippen LogP contribution >= 0.6 is 27.7 Å². The second-order valence-corrected chi connectivity index (χ2v) is 9.89. The van der Waals surface area contributed by atoms with E-state index in [0.29, 0.717) is 10.1 Å². The molecule has 25 heavy (non-hydrogen) atoms. The van der Waals surface area contributed by atoms with E-state index >= 15 is 0 Å². The summed E-state index contributed by atoms with van der Waals surface area (Å²) < 4.78 is 0.405. The van der Waals surface area contributed by atoms with Gasteiger partial charge in [-0.3, -0.25) is 0 Å². The SMILES string of the molecule is CC1=Cc2c(C)c3c(cc2=C1CC1C=Cc2ccccc21)SC(Br)C=3. The van der Waals surface area contributed by atoms with Crippen molar-refractivity contribution in [2.24, 2.45) is 0 Å². The molecule has 2 heteroatoms. The summed E-state index contributed by atoms with van der Waals surface area (Å²) in [5.41, 5.74) is 8.66. The third-order valence-electron chi connectivity index (χ3n) is 5.67. The van der Waals surface area contributed by atoms with Gasteiger partial charge in [0.05, 0.1) is 4.16 Å². The molecule has 0 N–H and O–H groups in total. The molecule has 0 radical (unpaired) electrons. The summed E-state index contributed by atoms with van der Waals surface area (Å²) in [4.78, 5) is 1.42. The lowest BCUT2D eigenvalue weighted by molar-refractivity contribution is 0.889. The molecule has 0 nitrogen and oxygen atoms in total. The number of allylic oxidation sites excluding steroid dienone is 2. The summed E-state index contributed by atoms with van der Waals surface area (Å²) in [7, 11) is 0. The Balaban J connectivity index is 1.64. The van der Waals surface area contributed by atoms with Gasteiger partial charge < -0.3 is 0 Å². The van der Waals surface area contributed by atoms with Gasteiger partial charge in [-0.1, -0.05) is 64.5 Å². The number of alkyl halides is 1. The summed E-state index contributed by atoms with van der Waals surface area (Å²) in [6.07, 6.45) is 10.5. The second kappa shape index (κ2) is 5.75. The number of rotatable bonds is 2. The zero-order valence-electron chi connectivity index (χ0n) is 14.3. The molecule has 2 aromatic carbocycles. The van der Waals surface area contributed by atoms with E-state index in [1.54, 1.807) is 0 Å². The quantitative estimate of drug-likeness (QED) is 0.603. The molecule has 1 aliphatic heterocycles. The molecule has 0 amide bonds. The molecule has 0 fully saturated rings. The summed E-state index contributed by atoms with van der Waals surface area (Å²) >= 11 is 5.65. The fourth-order valence-electron chi connectivity index (χ4n) is 4.35. The standard InChI is InChI=1S/C23H19BrS/c1-13-9-19-14(2)20-12-23(24)25-22(20)11-21(19)18(13)10-16-8-7-15-5-3-4-6-17(15)16/h3-9,11-12,16,23H,10H2,1-2H3. The first-order valence-electron chi connectivity index (χ1n) is 8.77. The summed E-state index contributed by atoms with van der Waals surface area (Å²) in [6, 6.07) is 11.2. The van der Waals surface area contributed by atoms with Gasteiger partial charge in [-0.2, -0.15) is 0 Å². The Kier molecular flexibility index (Phi) is 3.62. The van der Waals surface area contributed by atoms with Crippen LogP contribution in [0.25, 0.3) is 23.8 Å². The second-order valence-electron chi connectivity index (χ2n) is 7.11. The van der Waals surface area contributed by atoms with Crippen molar-refractivity contribution in [3.05, 3.63) is 74.7 Å². The highest BCUT2D eigenvalue weighted by Gasteiger charge is 2.24. The summed E-state index contributed by atoms with van der Waals surface area (Å²) in [6.45, 7) is 4.55. The van der Waals surface area contributed by atoms with E-state index in [-0.39, 0.29) is 0 Å². The maximum Gasteiger partial charge on any atom is 0.0836 e. The normalized spacial score (nSPS) is 22.5. The Morgan fingerprint density at radius 3 is 2.88 bits per heavy atom. The van der Waals surface area contributed by atoms with Gasteiger partial charge in [0.15, 0.2) is 0 Å².